The van der Waals surface area contributed by atoms with Crippen LogP contribution >= 0.6 is 11.6 Å². The van der Waals surface area contributed by atoms with Crippen molar-refractivity contribution in [3.8, 4) is 5.69 Å². The van der Waals surface area contributed by atoms with Crippen molar-refractivity contribution < 1.29 is 13.6 Å². The fourth-order valence-corrected chi connectivity index (χ4v) is 4.02. The van der Waals surface area contributed by atoms with Crippen molar-refractivity contribution in [2.24, 2.45) is 0 Å². The maximum atomic E-state index is 14.0. The number of aromatic nitrogens is 4. The molecule has 0 radical (unpaired) electrons. The monoisotopic (exact) mass is 454 g/mol. The van der Waals surface area contributed by atoms with Crippen LogP contribution in [0.2, 0.25) is 5.02 Å². The lowest BCUT2D eigenvalue weighted by atomic mass is 10.1. The first kappa shape index (κ1) is 20.3. The first-order chi connectivity index (χ1) is 15.5. The van der Waals surface area contributed by atoms with Crippen molar-refractivity contribution in [2.45, 2.75) is 0 Å². The second-order valence-corrected chi connectivity index (χ2v) is 7.81. The summed E-state index contributed by atoms with van der Waals surface area (Å²) in [6.07, 6.45) is 3.17. The number of rotatable bonds is 3. The highest BCUT2D eigenvalue weighted by Gasteiger charge is 2.26. The molecular weight excluding hydrogens is 438 g/mol. The molecule has 4 aromatic rings. The fourth-order valence-electron chi connectivity index (χ4n) is 3.83. The molecule has 0 N–H and O–H groups in total. The Balaban J connectivity index is 1.37. The molecule has 3 heterocycles. The summed E-state index contributed by atoms with van der Waals surface area (Å²) in [6, 6.07) is 10.2. The minimum absolute atomic E-state index is 0.259. The number of benzene rings is 2. The number of fused-ring (bicyclic) bond motifs is 1. The van der Waals surface area contributed by atoms with Crippen LogP contribution in [-0.2, 0) is 0 Å². The second kappa shape index (κ2) is 8.16. The Bertz CT molecular complexity index is 1320. The number of piperazine rings is 1. The lowest BCUT2D eigenvalue weighted by molar-refractivity contribution is 0.0741. The third-order valence-electron chi connectivity index (χ3n) is 5.42. The molecule has 1 amide bonds. The molecule has 1 aliphatic heterocycles. The third kappa shape index (κ3) is 3.64. The Morgan fingerprint density at radius 1 is 1.00 bits per heavy atom. The van der Waals surface area contributed by atoms with E-state index >= 15 is 0 Å². The Labute approximate surface area is 186 Å². The van der Waals surface area contributed by atoms with Crippen LogP contribution in [0.3, 0.4) is 0 Å². The van der Waals surface area contributed by atoms with Crippen molar-refractivity contribution in [3.63, 3.8) is 0 Å². The van der Waals surface area contributed by atoms with E-state index in [1.807, 2.05) is 17.0 Å². The molecule has 1 fully saturated rings. The molecule has 0 aliphatic carbocycles. The standard InChI is InChI=1S/C22H17ClF2N6O/c23-14-2-1-3-16(10-14)31-21-18(12-28-31)20(26-13-27-21)29-6-8-30(9-7-29)22(32)17-11-15(24)4-5-19(17)25/h1-5,10-13H,6-9H2. The highest BCUT2D eigenvalue weighted by molar-refractivity contribution is 6.30. The number of halogens is 3. The van der Waals surface area contributed by atoms with Crippen molar-refractivity contribution >= 4 is 34.4 Å². The summed E-state index contributed by atoms with van der Waals surface area (Å²) >= 11 is 6.11. The molecule has 1 aliphatic rings. The number of nitrogens with zero attached hydrogens (tertiary/aromatic N) is 6. The summed E-state index contributed by atoms with van der Waals surface area (Å²) in [7, 11) is 0. The van der Waals surface area contributed by atoms with Gasteiger partial charge in [0.25, 0.3) is 5.91 Å². The normalized spacial score (nSPS) is 14.2. The van der Waals surface area contributed by atoms with Crippen LogP contribution in [0.25, 0.3) is 16.7 Å². The predicted molar refractivity (Wildman–Crippen MR) is 116 cm³/mol. The van der Waals surface area contributed by atoms with Crippen LogP contribution in [0, 0.1) is 11.6 Å². The van der Waals surface area contributed by atoms with E-state index in [-0.39, 0.29) is 5.56 Å². The van der Waals surface area contributed by atoms with Gasteiger partial charge in [-0.3, -0.25) is 4.79 Å². The molecule has 7 nitrogen and oxygen atoms in total. The van der Waals surface area contributed by atoms with Gasteiger partial charge in [-0.2, -0.15) is 5.10 Å². The van der Waals surface area contributed by atoms with E-state index in [0.29, 0.717) is 42.7 Å². The van der Waals surface area contributed by atoms with E-state index in [9.17, 15) is 13.6 Å². The Morgan fingerprint density at radius 3 is 2.59 bits per heavy atom. The quantitative estimate of drug-likeness (QED) is 0.472. The Morgan fingerprint density at radius 2 is 1.81 bits per heavy atom. The summed E-state index contributed by atoms with van der Waals surface area (Å²) in [5, 5.41) is 5.81. The van der Waals surface area contributed by atoms with Gasteiger partial charge in [0, 0.05) is 31.2 Å². The van der Waals surface area contributed by atoms with Crippen LogP contribution < -0.4 is 4.90 Å². The van der Waals surface area contributed by atoms with Gasteiger partial charge < -0.3 is 9.80 Å². The zero-order valence-electron chi connectivity index (χ0n) is 16.8. The van der Waals surface area contributed by atoms with E-state index in [4.69, 9.17) is 11.6 Å². The summed E-state index contributed by atoms with van der Waals surface area (Å²) < 4.78 is 29.2. The first-order valence-corrected chi connectivity index (χ1v) is 10.3. The van der Waals surface area contributed by atoms with Gasteiger partial charge in [-0.05, 0) is 36.4 Å². The zero-order valence-corrected chi connectivity index (χ0v) is 17.5. The van der Waals surface area contributed by atoms with Gasteiger partial charge in [-0.15, -0.1) is 0 Å². The minimum Gasteiger partial charge on any atom is -0.352 e. The van der Waals surface area contributed by atoms with Crippen molar-refractivity contribution in [1.29, 1.82) is 0 Å². The first-order valence-electron chi connectivity index (χ1n) is 9.95. The van der Waals surface area contributed by atoms with Crippen LogP contribution in [-0.4, -0.2) is 56.7 Å². The van der Waals surface area contributed by atoms with Gasteiger partial charge in [-0.25, -0.2) is 23.4 Å². The van der Waals surface area contributed by atoms with Gasteiger partial charge in [0.2, 0.25) is 0 Å². The molecule has 2 aromatic heterocycles. The molecular formula is C22H17ClF2N6O. The van der Waals surface area contributed by atoms with Crippen molar-refractivity contribution in [1.82, 2.24) is 24.6 Å². The topological polar surface area (TPSA) is 67.2 Å². The zero-order chi connectivity index (χ0) is 22.2. The Kier molecular flexibility index (Phi) is 5.18. The van der Waals surface area contributed by atoms with E-state index in [1.54, 1.807) is 23.0 Å². The molecule has 1 saturated heterocycles. The predicted octanol–water partition coefficient (Wildman–Crippen LogP) is 3.71. The summed E-state index contributed by atoms with van der Waals surface area (Å²) in [5.41, 5.74) is 1.16. The average Bonchev–Trinajstić information content (AvgIpc) is 3.25. The fraction of sp³-hybridized carbons (Fsp3) is 0.182. The summed E-state index contributed by atoms with van der Waals surface area (Å²) in [6.45, 7) is 1.67. The van der Waals surface area contributed by atoms with E-state index in [1.165, 1.54) is 11.2 Å². The molecule has 10 heteroatoms. The number of hydrogen-bond acceptors (Lipinski definition) is 5. The molecule has 0 bridgehead atoms. The average molecular weight is 455 g/mol. The second-order valence-electron chi connectivity index (χ2n) is 7.37. The molecule has 0 atom stereocenters. The largest absolute Gasteiger partial charge is 0.352 e. The van der Waals surface area contributed by atoms with Crippen molar-refractivity contribution in [3.05, 3.63) is 77.2 Å². The van der Waals surface area contributed by atoms with Crippen LogP contribution in [0.1, 0.15) is 10.4 Å². The maximum absolute atomic E-state index is 14.0. The van der Waals surface area contributed by atoms with Gasteiger partial charge >= 0.3 is 0 Å². The number of carbonyl (C=O) groups is 1. The number of amides is 1. The highest BCUT2D eigenvalue weighted by atomic mass is 35.5. The molecule has 0 saturated carbocycles. The Hall–Kier alpha value is -3.59. The van der Waals surface area contributed by atoms with E-state index in [2.05, 4.69) is 15.1 Å². The summed E-state index contributed by atoms with van der Waals surface area (Å²) in [4.78, 5) is 25.0. The van der Waals surface area contributed by atoms with E-state index in [0.717, 1.165) is 29.3 Å². The number of hydrogen-bond donors (Lipinski definition) is 0. The van der Waals surface area contributed by atoms with E-state index < -0.39 is 17.5 Å². The molecule has 0 unspecified atom stereocenters. The molecule has 162 valence electrons. The van der Waals surface area contributed by atoms with Crippen LogP contribution in [0.4, 0.5) is 14.6 Å². The van der Waals surface area contributed by atoms with Crippen LogP contribution in [0.5, 0.6) is 0 Å². The SMILES string of the molecule is O=C(c1cc(F)ccc1F)N1CCN(c2ncnc3c2cnn3-c2cccc(Cl)c2)CC1. The van der Waals surface area contributed by atoms with Crippen molar-refractivity contribution in [2.75, 3.05) is 31.1 Å². The third-order valence-corrected chi connectivity index (χ3v) is 5.66. The van der Waals surface area contributed by atoms with Gasteiger partial charge in [0.1, 0.15) is 23.8 Å². The molecule has 5 rings (SSSR count). The van der Waals surface area contributed by atoms with Gasteiger partial charge in [0.05, 0.1) is 22.8 Å². The van der Waals surface area contributed by atoms with Gasteiger partial charge in [0.15, 0.2) is 5.65 Å². The molecule has 32 heavy (non-hydrogen) atoms. The summed E-state index contributed by atoms with van der Waals surface area (Å²) in [5.74, 6) is -1.20. The number of anilines is 1. The smallest absolute Gasteiger partial charge is 0.257 e. The molecule has 0 spiro atoms. The number of carbonyl (C=O) groups excluding carboxylic acids is 1. The lowest BCUT2D eigenvalue weighted by Gasteiger charge is -2.35. The minimum atomic E-state index is -0.732. The molecule has 2 aromatic carbocycles. The van der Waals surface area contributed by atoms with Crippen LogP contribution in [0.15, 0.2) is 55.0 Å². The van der Waals surface area contributed by atoms with Gasteiger partial charge in [-0.1, -0.05) is 17.7 Å². The maximum Gasteiger partial charge on any atom is 0.257 e. The lowest BCUT2D eigenvalue weighted by Crippen LogP contribution is -2.49. The highest BCUT2D eigenvalue weighted by Crippen LogP contribution is 2.26.